The third-order valence-electron chi connectivity index (χ3n) is 6.17. The molecule has 0 N–H and O–H groups in total. The van der Waals surface area contributed by atoms with Crippen LogP contribution in [0, 0.1) is 0 Å². The topological polar surface area (TPSA) is 43.9 Å². The van der Waals surface area contributed by atoms with Crippen LogP contribution in [0.1, 0.15) is 42.2 Å². The van der Waals surface area contributed by atoms with Crippen molar-refractivity contribution in [1.82, 2.24) is 0 Å². The van der Waals surface area contributed by atoms with E-state index in [1.807, 2.05) is 91.5 Å². The van der Waals surface area contributed by atoms with Crippen LogP contribution in [-0.4, -0.2) is 32.0 Å². The van der Waals surface area contributed by atoms with Gasteiger partial charge in [0.25, 0.3) is 5.91 Å². The Hall–Kier alpha value is -3.31. The summed E-state index contributed by atoms with van der Waals surface area (Å²) in [6.45, 7) is 3.61. The number of hydrogen-bond acceptors (Lipinski definition) is 3. The van der Waals surface area contributed by atoms with Crippen LogP contribution in [0.4, 0.5) is 17.1 Å². The molecular weight excluding hydrogens is 434 g/mol. The molecule has 3 aromatic carbocycles. The van der Waals surface area contributed by atoms with E-state index < -0.39 is 0 Å². The molecule has 0 saturated heterocycles. The first kappa shape index (κ1) is 22.9. The summed E-state index contributed by atoms with van der Waals surface area (Å²) in [6.07, 6.45) is 0.626. The van der Waals surface area contributed by atoms with Crippen molar-refractivity contribution in [3.05, 3.63) is 88.9 Å². The number of nitrogens with zero attached hydrogens (tertiary/aromatic N) is 3. The Kier molecular flexibility index (Phi) is 6.43. The first-order valence-electron chi connectivity index (χ1n) is 11.0. The molecule has 0 saturated carbocycles. The van der Waals surface area contributed by atoms with Crippen LogP contribution >= 0.6 is 11.6 Å². The first-order chi connectivity index (χ1) is 15.8. The average molecular weight is 462 g/mol. The summed E-state index contributed by atoms with van der Waals surface area (Å²) in [4.78, 5) is 32.0. The fourth-order valence-corrected chi connectivity index (χ4v) is 4.69. The summed E-state index contributed by atoms with van der Waals surface area (Å²) in [5.41, 5.74) is 4.26. The molecule has 1 aliphatic rings. The van der Waals surface area contributed by atoms with Crippen LogP contribution in [-0.2, 0) is 4.79 Å². The van der Waals surface area contributed by atoms with Gasteiger partial charge >= 0.3 is 0 Å². The third kappa shape index (κ3) is 4.46. The minimum atomic E-state index is -0.185. The van der Waals surface area contributed by atoms with Gasteiger partial charge in [0, 0.05) is 54.7 Å². The van der Waals surface area contributed by atoms with Gasteiger partial charge in [0.1, 0.15) is 0 Å². The monoisotopic (exact) mass is 461 g/mol. The second-order valence-electron chi connectivity index (χ2n) is 8.64. The number of rotatable bonds is 4. The number of carbonyl (C=O) groups excluding carboxylic acids is 2. The van der Waals surface area contributed by atoms with E-state index in [0.29, 0.717) is 17.0 Å². The molecule has 0 aliphatic carbocycles. The molecule has 1 aliphatic heterocycles. The molecule has 5 nitrogen and oxygen atoms in total. The highest BCUT2D eigenvalue weighted by molar-refractivity contribution is 6.30. The zero-order chi connectivity index (χ0) is 23.7. The Morgan fingerprint density at radius 3 is 2.12 bits per heavy atom. The molecule has 0 radical (unpaired) electrons. The van der Waals surface area contributed by atoms with E-state index in [0.717, 1.165) is 22.6 Å². The van der Waals surface area contributed by atoms with Gasteiger partial charge in [-0.05, 0) is 73.5 Å². The second kappa shape index (κ2) is 9.28. The van der Waals surface area contributed by atoms with Crippen molar-refractivity contribution in [2.45, 2.75) is 32.4 Å². The molecule has 0 fully saturated rings. The van der Waals surface area contributed by atoms with E-state index in [4.69, 9.17) is 11.6 Å². The van der Waals surface area contributed by atoms with Crippen LogP contribution in [0.15, 0.2) is 72.8 Å². The number of para-hydroxylation sites is 1. The molecule has 6 heteroatoms. The maximum absolute atomic E-state index is 13.6. The van der Waals surface area contributed by atoms with E-state index in [2.05, 4.69) is 0 Å². The summed E-state index contributed by atoms with van der Waals surface area (Å²) in [6, 6.07) is 22.5. The van der Waals surface area contributed by atoms with E-state index in [1.165, 1.54) is 0 Å². The molecule has 0 spiro atoms. The predicted octanol–water partition coefficient (Wildman–Crippen LogP) is 5.94. The molecule has 4 rings (SSSR count). The molecule has 0 aromatic heterocycles. The fourth-order valence-electron chi connectivity index (χ4n) is 4.56. The highest BCUT2D eigenvalue weighted by Crippen LogP contribution is 2.42. The van der Waals surface area contributed by atoms with E-state index in [-0.39, 0.29) is 23.9 Å². The number of hydrogen-bond donors (Lipinski definition) is 0. The Morgan fingerprint density at radius 1 is 0.909 bits per heavy atom. The van der Waals surface area contributed by atoms with Crippen molar-refractivity contribution in [2.24, 2.45) is 0 Å². The fraction of sp³-hybridized carbons (Fsp3) is 0.259. The lowest BCUT2D eigenvalue weighted by Gasteiger charge is -2.43. The third-order valence-corrected chi connectivity index (χ3v) is 6.42. The van der Waals surface area contributed by atoms with Gasteiger partial charge in [-0.1, -0.05) is 29.8 Å². The van der Waals surface area contributed by atoms with Gasteiger partial charge in [-0.15, -0.1) is 0 Å². The highest BCUT2D eigenvalue weighted by atomic mass is 35.5. The van der Waals surface area contributed by atoms with Gasteiger partial charge in [-0.3, -0.25) is 9.59 Å². The van der Waals surface area contributed by atoms with Crippen LogP contribution in [0.2, 0.25) is 5.02 Å². The zero-order valence-corrected chi connectivity index (χ0v) is 20.1. The summed E-state index contributed by atoms with van der Waals surface area (Å²) in [5, 5.41) is 0.622. The summed E-state index contributed by atoms with van der Waals surface area (Å²) >= 11 is 6.07. The average Bonchev–Trinajstić information content (AvgIpc) is 2.80. The highest BCUT2D eigenvalue weighted by Gasteiger charge is 2.38. The predicted molar refractivity (Wildman–Crippen MR) is 135 cm³/mol. The normalized spacial score (nSPS) is 17.3. The Labute approximate surface area is 200 Å². The molecule has 33 heavy (non-hydrogen) atoms. The molecule has 2 amide bonds. The van der Waals surface area contributed by atoms with E-state index in [9.17, 15) is 9.59 Å². The molecule has 3 aromatic rings. The van der Waals surface area contributed by atoms with Crippen LogP contribution in [0.3, 0.4) is 0 Å². The lowest BCUT2D eigenvalue weighted by molar-refractivity contribution is -0.117. The van der Waals surface area contributed by atoms with Gasteiger partial charge in [0.05, 0.1) is 6.04 Å². The quantitative estimate of drug-likeness (QED) is 0.483. The second-order valence-corrected chi connectivity index (χ2v) is 9.08. The zero-order valence-electron chi connectivity index (χ0n) is 19.3. The maximum atomic E-state index is 13.6. The Bertz CT molecular complexity index is 1160. The number of amides is 2. The van der Waals surface area contributed by atoms with Crippen LogP contribution in [0.25, 0.3) is 0 Å². The molecule has 1 heterocycles. The number of fused-ring (bicyclic) bond motifs is 1. The number of benzene rings is 3. The summed E-state index contributed by atoms with van der Waals surface area (Å²) < 4.78 is 0. The van der Waals surface area contributed by atoms with Crippen molar-refractivity contribution in [3.63, 3.8) is 0 Å². The van der Waals surface area contributed by atoms with Crippen molar-refractivity contribution in [2.75, 3.05) is 28.8 Å². The molecular formula is C27H28ClN3O2. The van der Waals surface area contributed by atoms with Crippen molar-refractivity contribution in [1.29, 1.82) is 0 Å². The smallest absolute Gasteiger partial charge is 0.258 e. The lowest BCUT2D eigenvalue weighted by Crippen LogP contribution is -2.47. The lowest BCUT2D eigenvalue weighted by atomic mass is 9.89. The number of carbonyl (C=O) groups is 2. The molecule has 170 valence electrons. The number of halogens is 1. The van der Waals surface area contributed by atoms with Crippen LogP contribution < -0.4 is 14.7 Å². The minimum absolute atomic E-state index is 0.0421. The Morgan fingerprint density at radius 2 is 1.52 bits per heavy atom. The standard InChI is InChI=1S/C27H28ClN3O2/c1-18-17-26(31(19(2)32)23-15-11-21(28)12-16-23)24-7-5-6-8-25(24)30(18)27(33)20-9-13-22(14-10-20)29(3)4/h5-16,18,26H,17H2,1-4H3/t18-,26?/m0/s1. The largest absolute Gasteiger partial charge is 0.378 e. The van der Waals surface area contributed by atoms with Gasteiger partial charge in [-0.2, -0.15) is 0 Å². The van der Waals surface area contributed by atoms with Gasteiger partial charge in [-0.25, -0.2) is 0 Å². The van der Waals surface area contributed by atoms with E-state index >= 15 is 0 Å². The minimum Gasteiger partial charge on any atom is -0.378 e. The Balaban J connectivity index is 1.73. The summed E-state index contributed by atoms with van der Waals surface area (Å²) in [7, 11) is 3.95. The van der Waals surface area contributed by atoms with E-state index in [1.54, 1.807) is 24.0 Å². The molecule has 2 atom stereocenters. The molecule has 0 bridgehead atoms. The van der Waals surface area contributed by atoms with Crippen molar-refractivity contribution < 1.29 is 9.59 Å². The van der Waals surface area contributed by atoms with Gasteiger partial charge in [0.15, 0.2) is 0 Å². The van der Waals surface area contributed by atoms with Crippen molar-refractivity contribution >= 4 is 40.5 Å². The van der Waals surface area contributed by atoms with Crippen LogP contribution in [0.5, 0.6) is 0 Å². The first-order valence-corrected chi connectivity index (χ1v) is 11.4. The number of anilines is 3. The SMILES string of the molecule is CC(=O)N(c1ccc(Cl)cc1)C1C[C@H](C)N(C(=O)c2ccc(N(C)C)cc2)c2ccccc21. The van der Waals surface area contributed by atoms with Crippen molar-refractivity contribution in [3.8, 4) is 0 Å². The molecule has 1 unspecified atom stereocenters. The summed E-state index contributed by atoms with van der Waals surface area (Å²) in [5.74, 6) is -0.0945. The van der Waals surface area contributed by atoms with Gasteiger partial charge in [0.2, 0.25) is 5.91 Å². The maximum Gasteiger partial charge on any atom is 0.258 e. The van der Waals surface area contributed by atoms with Gasteiger partial charge < -0.3 is 14.7 Å².